The van der Waals surface area contributed by atoms with E-state index in [1.165, 1.54) is 22.9 Å². The summed E-state index contributed by atoms with van der Waals surface area (Å²) >= 11 is 0. The zero-order valence-corrected chi connectivity index (χ0v) is 21.9. The van der Waals surface area contributed by atoms with Crippen LogP contribution in [0.15, 0.2) is 59.9 Å². The Kier molecular flexibility index (Phi) is 6.77. The molecule has 0 saturated carbocycles. The summed E-state index contributed by atoms with van der Waals surface area (Å²) in [6.07, 6.45) is 6.43. The number of halogens is 3. The Balaban J connectivity index is 1.32. The first-order valence-electron chi connectivity index (χ1n) is 12.9. The van der Waals surface area contributed by atoms with Gasteiger partial charge in [-0.2, -0.15) is 13.9 Å². The molecule has 4 aromatic heterocycles. The van der Waals surface area contributed by atoms with Crippen molar-refractivity contribution in [3.8, 4) is 11.3 Å². The molecule has 0 saturated heterocycles. The second kappa shape index (κ2) is 10.6. The zero-order valence-electron chi connectivity index (χ0n) is 21.9. The predicted molar refractivity (Wildman–Crippen MR) is 145 cm³/mol. The van der Waals surface area contributed by atoms with Gasteiger partial charge in [0, 0.05) is 53.0 Å². The molecule has 1 atom stereocenters. The van der Waals surface area contributed by atoms with Gasteiger partial charge in [-0.05, 0) is 55.2 Å². The smallest absolute Gasteiger partial charge is 0.333 e. The van der Waals surface area contributed by atoms with Crippen molar-refractivity contribution in [3.05, 3.63) is 93.8 Å². The van der Waals surface area contributed by atoms with Gasteiger partial charge in [-0.25, -0.2) is 14.1 Å². The summed E-state index contributed by atoms with van der Waals surface area (Å²) < 4.78 is 42.3. The standard InChI is InChI=1S/C28H25F3N8O2/c1-15-6-16(8-19(29)7-15)10-33-25-27(41)39-22(24(37-25)18-12-35-38(14-18)28(30)31)2-3-23(39)26(40)34-13-20-9-17-11-32-5-4-21(17)36-20/h4-9,11-12,14,23,28,36H,2-3,10,13H2,1H3,(H,33,37)(H,34,40)/t23-/m0/s1. The summed E-state index contributed by atoms with van der Waals surface area (Å²) in [7, 11) is 0. The Morgan fingerprint density at radius 2 is 2.05 bits per heavy atom. The van der Waals surface area contributed by atoms with Crippen LogP contribution in [0.5, 0.6) is 0 Å². The summed E-state index contributed by atoms with van der Waals surface area (Å²) in [6.45, 7) is -0.806. The van der Waals surface area contributed by atoms with Gasteiger partial charge in [-0.3, -0.25) is 19.1 Å². The van der Waals surface area contributed by atoms with Crippen LogP contribution in [0, 0.1) is 12.7 Å². The maximum atomic E-state index is 13.9. The van der Waals surface area contributed by atoms with E-state index in [4.69, 9.17) is 0 Å². The van der Waals surface area contributed by atoms with Crippen LogP contribution in [-0.4, -0.2) is 35.2 Å². The molecule has 3 N–H and O–H groups in total. The van der Waals surface area contributed by atoms with Crippen LogP contribution in [-0.2, 0) is 24.3 Å². The second-order valence-corrected chi connectivity index (χ2v) is 9.94. The van der Waals surface area contributed by atoms with Crippen LogP contribution in [0.1, 0.15) is 41.5 Å². The van der Waals surface area contributed by atoms with Gasteiger partial charge < -0.3 is 15.6 Å². The number of aromatic amines is 1. The van der Waals surface area contributed by atoms with Gasteiger partial charge in [0.2, 0.25) is 5.91 Å². The molecule has 13 heteroatoms. The highest BCUT2D eigenvalue weighted by molar-refractivity contribution is 5.82. The average molecular weight is 563 g/mol. The minimum Gasteiger partial charge on any atom is -0.361 e. The van der Waals surface area contributed by atoms with E-state index in [2.05, 4.69) is 30.7 Å². The number of pyridine rings is 1. The molecular formula is C28H25F3N8O2. The zero-order chi connectivity index (χ0) is 28.7. The lowest BCUT2D eigenvalue weighted by molar-refractivity contribution is -0.124. The monoisotopic (exact) mass is 562 g/mol. The Morgan fingerprint density at radius 3 is 2.80 bits per heavy atom. The molecule has 0 radical (unpaired) electrons. The summed E-state index contributed by atoms with van der Waals surface area (Å²) in [6, 6.07) is 7.38. The number of aryl methyl sites for hydroxylation is 1. The number of H-pyrrole nitrogens is 1. The molecule has 0 unspecified atom stereocenters. The van der Waals surface area contributed by atoms with Crippen molar-refractivity contribution in [2.75, 3.05) is 5.32 Å². The highest BCUT2D eigenvalue weighted by Gasteiger charge is 2.33. The highest BCUT2D eigenvalue weighted by Crippen LogP contribution is 2.32. The summed E-state index contributed by atoms with van der Waals surface area (Å²) in [5.41, 5.74) is 3.43. The number of rotatable bonds is 8. The highest BCUT2D eigenvalue weighted by atomic mass is 19.3. The molecule has 5 aromatic rings. The fourth-order valence-electron chi connectivity index (χ4n) is 5.24. The van der Waals surface area contributed by atoms with Crippen LogP contribution in [0.4, 0.5) is 19.0 Å². The van der Waals surface area contributed by atoms with Gasteiger partial charge >= 0.3 is 6.55 Å². The molecule has 1 amide bonds. The summed E-state index contributed by atoms with van der Waals surface area (Å²) in [5.74, 6) is -0.864. The molecule has 210 valence electrons. The third-order valence-electron chi connectivity index (χ3n) is 7.04. The van der Waals surface area contributed by atoms with Crippen molar-refractivity contribution in [1.82, 2.24) is 34.6 Å². The van der Waals surface area contributed by atoms with Crippen LogP contribution in [0.3, 0.4) is 0 Å². The first kappa shape index (κ1) is 26.3. The molecule has 0 fully saturated rings. The van der Waals surface area contributed by atoms with E-state index in [9.17, 15) is 22.8 Å². The summed E-state index contributed by atoms with van der Waals surface area (Å²) in [5, 5.41) is 10.5. The number of hydrogen-bond donors (Lipinski definition) is 3. The lowest BCUT2D eigenvalue weighted by Crippen LogP contribution is -2.36. The quantitative estimate of drug-likeness (QED) is 0.260. The van der Waals surface area contributed by atoms with E-state index in [1.54, 1.807) is 25.4 Å². The van der Waals surface area contributed by atoms with E-state index in [0.717, 1.165) is 22.8 Å². The number of anilines is 1. The molecular weight excluding hydrogens is 537 g/mol. The fraction of sp³-hybridized carbons (Fsp3) is 0.250. The Bertz CT molecular complexity index is 1770. The number of alkyl halides is 2. The predicted octanol–water partition coefficient (Wildman–Crippen LogP) is 4.24. The molecule has 41 heavy (non-hydrogen) atoms. The van der Waals surface area contributed by atoms with Crippen molar-refractivity contribution in [1.29, 1.82) is 0 Å². The van der Waals surface area contributed by atoms with Crippen LogP contribution in [0.25, 0.3) is 22.2 Å². The third-order valence-corrected chi connectivity index (χ3v) is 7.04. The molecule has 0 aliphatic carbocycles. The van der Waals surface area contributed by atoms with Crippen LogP contribution in [0.2, 0.25) is 0 Å². The number of carbonyl (C=O) groups excluding carboxylic acids is 1. The number of benzene rings is 1. The molecule has 10 nitrogen and oxygen atoms in total. The van der Waals surface area contributed by atoms with Gasteiger partial charge in [0.25, 0.3) is 5.56 Å². The maximum Gasteiger partial charge on any atom is 0.333 e. The average Bonchev–Trinajstić information content (AvgIpc) is 3.69. The topological polar surface area (TPSA) is 123 Å². The van der Waals surface area contributed by atoms with Crippen LogP contribution < -0.4 is 16.2 Å². The lowest BCUT2D eigenvalue weighted by atomic mass is 10.1. The minimum atomic E-state index is -2.85. The van der Waals surface area contributed by atoms with E-state index in [0.29, 0.717) is 34.3 Å². The number of amides is 1. The van der Waals surface area contributed by atoms with Gasteiger partial charge in [0.05, 0.1) is 18.4 Å². The van der Waals surface area contributed by atoms with E-state index >= 15 is 0 Å². The van der Waals surface area contributed by atoms with Crippen molar-refractivity contribution in [2.45, 2.75) is 45.4 Å². The number of nitrogens with one attached hydrogen (secondary N) is 3. The Labute approximate surface area is 231 Å². The number of fused-ring (bicyclic) bond motifs is 2. The lowest BCUT2D eigenvalue weighted by Gasteiger charge is -2.17. The third kappa shape index (κ3) is 5.17. The number of carbonyl (C=O) groups is 1. The Morgan fingerprint density at radius 1 is 1.20 bits per heavy atom. The van der Waals surface area contributed by atoms with Gasteiger partial charge in [0.1, 0.15) is 11.9 Å². The Hall–Kier alpha value is -4.94. The molecule has 0 spiro atoms. The van der Waals surface area contributed by atoms with E-state index in [-0.39, 0.29) is 36.1 Å². The first-order chi connectivity index (χ1) is 19.8. The van der Waals surface area contributed by atoms with E-state index in [1.807, 2.05) is 12.1 Å². The normalized spacial score (nSPS) is 14.5. The second-order valence-electron chi connectivity index (χ2n) is 9.94. The first-order valence-corrected chi connectivity index (χ1v) is 12.9. The van der Waals surface area contributed by atoms with Gasteiger partial charge in [0.15, 0.2) is 5.82 Å². The van der Waals surface area contributed by atoms with E-state index < -0.39 is 24.0 Å². The number of hydrogen-bond acceptors (Lipinski definition) is 6. The molecule has 1 aromatic carbocycles. The molecule has 1 aliphatic heterocycles. The van der Waals surface area contributed by atoms with Gasteiger partial charge in [-0.1, -0.05) is 6.07 Å². The molecule has 0 bridgehead atoms. The molecule has 1 aliphatic rings. The van der Waals surface area contributed by atoms with Crippen molar-refractivity contribution in [2.24, 2.45) is 0 Å². The van der Waals surface area contributed by atoms with Crippen molar-refractivity contribution < 1.29 is 18.0 Å². The maximum absolute atomic E-state index is 13.9. The minimum absolute atomic E-state index is 0.0849. The largest absolute Gasteiger partial charge is 0.361 e. The fourth-order valence-corrected chi connectivity index (χ4v) is 5.24. The summed E-state index contributed by atoms with van der Waals surface area (Å²) in [4.78, 5) is 38.8. The van der Waals surface area contributed by atoms with Crippen molar-refractivity contribution >= 4 is 22.6 Å². The number of aromatic nitrogens is 6. The van der Waals surface area contributed by atoms with Crippen molar-refractivity contribution in [3.63, 3.8) is 0 Å². The molecule has 6 rings (SSSR count). The van der Waals surface area contributed by atoms with Gasteiger partial charge in [-0.15, -0.1) is 0 Å². The molecule has 5 heterocycles. The van der Waals surface area contributed by atoms with Crippen LogP contribution >= 0.6 is 0 Å². The SMILES string of the molecule is Cc1cc(F)cc(CNc2nc(-c3cnn(C(F)F)c3)c3n(c2=O)[C@H](C(=O)NCc2cc4cnccc4[nH]2)CC3)c1. The number of nitrogens with zero attached hydrogens (tertiary/aromatic N) is 5.